The minimum Gasteiger partial charge on any atom is -0.479 e. The smallest absolute Gasteiger partial charge is 0.263 e. The van der Waals surface area contributed by atoms with E-state index in [0.29, 0.717) is 13.0 Å². The van der Waals surface area contributed by atoms with E-state index in [2.05, 4.69) is 0 Å². The molecule has 19 heavy (non-hydrogen) atoms. The van der Waals surface area contributed by atoms with Gasteiger partial charge in [0.1, 0.15) is 10.6 Å². The highest BCUT2D eigenvalue weighted by atomic mass is 35.5. The Morgan fingerprint density at radius 2 is 2.16 bits per heavy atom. The first kappa shape index (κ1) is 14.1. The Labute approximate surface area is 116 Å². The SMILES string of the molecule is CN1CCC(Oc2ccc(Cl)cc2S(N)(=O)=O)C1=O. The zero-order chi connectivity index (χ0) is 14.2. The summed E-state index contributed by atoms with van der Waals surface area (Å²) in [5, 5.41) is 5.33. The van der Waals surface area contributed by atoms with Crippen molar-refractivity contribution < 1.29 is 17.9 Å². The number of nitrogens with two attached hydrogens (primary N) is 1. The van der Waals surface area contributed by atoms with Gasteiger partial charge in [-0.25, -0.2) is 13.6 Å². The van der Waals surface area contributed by atoms with Gasteiger partial charge in [-0.1, -0.05) is 11.6 Å². The third kappa shape index (κ3) is 2.99. The third-order valence-corrected chi connectivity index (χ3v) is 4.03. The van der Waals surface area contributed by atoms with Crippen LogP contribution < -0.4 is 9.88 Å². The number of carbonyl (C=O) groups is 1. The molecule has 8 heteroatoms. The van der Waals surface area contributed by atoms with Crippen molar-refractivity contribution in [1.82, 2.24) is 4.90 Å². The predicted octanol–water partition coefficient (Wildman–Crippen LogP) is 0.597. The molecule has 2 N–H and O–H groups in total. The van der Waals surface area contributed by atoms with E-state index in [1.165, 1.54) is 23.1 Å². The monoisotopic (exact) mass is 304 g/mol. The summed E-state index contributed by atoms with van der Waals surface area (Å²) in [7, 11) is -2.30. The van der Waals surface area contributed by atoms with Gasteiger partial charge >= 0.3 is 0 Å². The van der Waals surface area contributed by atoms with Gasteiger partial charge in [0, 0.05) is 25.0 Å². The first-order valence-electron chi connectivity index (χ1n) is 5.53. The zero-order valence-electron chi connectivity index (χ0n) is 10.2. The lowest BCUT2D eigenvalue weighted by Gasteiger charge is -2.15. The third-order valence-electron chi connectivity index (χ3n) is 2.86. The number of nitrogens with zero attached hydrogens (tertiary/aromatic N) is 1. The van der Waals surface area contributed by atoms with Crippen LogP contribution in [0.3, 0.4) is 0 Å². The average molecular weight is 305 g/mol. The van der Waals surface area contributed by atoms with Gasteiger partial charge in [0.15, 0.2) is 6.10 Å². The van der Waals surface area contributed by atoms with E-state index in [9.17, 15) is 13.2 Å². The quantitative estimate of drug-likeness (QED) is 0.885. The van der Waals surface area contributed by atoms with Crippen molar-refractivity contribution in [3.8, 4) is 5.75 Å². The summed E-state index contributed by atoms with van der Waals surface area (Å²) in [6, 6.07) is 4.08. The minimum absolute atomic E-state index is 0.0422. The lowest BCUT2D eigenvalue weighted by Crippen LogP contribution is -2.30. The number of likely N-dealkylation sites (N-methyl/N-ethyl adjacent to an activating group) is 1. The van der Waals surface area contributed by atoms with E-state index in [4.69, 9.17) is 21.5 Å². The molecule has 1 unspecified atom stereocenters. The first-order chi connectivity index (χ1) is 8.79. The number of hydrogen-bond donors (Lipinski definition) is 1. The Balaban J connectivity index is 2.33. The Morgan fingerprint density at radius 3 is 2.68 bits per heavy atom. The molecule has 2 rings (SSSR count). The van der Waals surface area contributed by atoms with Crippen LogP contribution in [0.5, 0.6) is 5.75 Å². The lowest BCUT2D eigenvalue weighted by atomic mass is 10.3. The Hall–Kier alpha value is -1.31. The fourth-order valence-corrected chi connectivity index (χ4v) is 2.78. The van der Waals surface area contributed by atoms with Crippen LogP contribution in [0.15, 0.2) is 23.1 Å². The van der Waals surface area contributed by atoms with E-state index in [1.807, 2.05) is 0 Å². The molecule has 0 aromatic heterocycles. The van der Waals surface area contributed by atoms with Crippen molar-refractivity contribution in [3.05, 3.63) is 23.2 Å². The van der Waals surface area contributed by atoms with Crippen LogP contribution >= 0.6 is 11.6 Å². The van der Waals surface area contributed by atoms with Gasteiger partial charge < -0.3 is 9.64 Å². The van der Waals surface area contributed by atoms with Crippen LogP contribution in [-0.4, -0.2) is 38.9 Å². The van der Waals surface area contributed by atoms with Crippen LogP contribution in [0.1, 0.15) is 6.42 Å². The molecule has 0 spiro atoms. The van der Waals surface area contributed by atoms with Crippen molar-refractivity contribution in [2.45, 2.75) is 17.4 Å². The molecule has 0 saturated carbocycles. The number of halogens is 1. The predicted molar refractivity (Wildman–Crippen MR) is 69.5 cm³/mol. The van der Waals surface area contributed by atoms with Gasteiger partial charge in [-0.15, -0.1) is 0 Å². The number of amides is 1. The molecule has 1 aliphatic heterocycles. The number of hydrogen-bond acceptors (Lipinski definition) is 4. The van der Waals surface area contributed by atoms with Gasteiger partial charge in [0.25, 0.3) is 5.91 Å². The van der Waals surface area contributed by atoms with Gasteiger partial charge in [0.2, 0.25) is 10.0 Å². The van der Waals surface area contributed by atoms with Gasteiger partial charge in [-0.05, 0) is 18.2 Å². The van der Waals surface area contributed by atoms with Crippen molar-refractivity contribution in [3.63, 3.8) is 0 Å². The lowest BCUT2D eigenvalue weighted by molar-refractivity contribution is -0.132. The highest BCUT2D eigenvalue weighted by molar-refractivity contribution is 7.89. The Morgan fingerprint density at radius 1 is 1.47 bits per heavy atom. The van der Waals surface area contributed by atoms with Gasteiger partial charge in [-0.3, -0.25) is 4.79 Å². The summed E-state index contributed by atoms with van der Waals surface area (Å²) in [6.45, 7) is 0.571. The van der Waals surface area contributed by atoms with E-state index in [-0.39, 0.29) is 21.6 Å². The molecule has 1 aromatic carbocycles. The molecule has 0 radical (unpaired) electrons. The van der Waals surface area contributed by atoms with Crippen LogP contribution in [0, 0.1) is 0 Å². The molecule has 1 saturated heterocycles. The topological polar surface area (TPSA) is 89.7 Å². The average Bonchev–Trinajstić information content (AvgIpc) is 2.62. The normalized spacial score (nSPS) is 19.8. The molecule has 1 atom stereocenters. The number of carbonyl (C=O) groups excluding carboxylic acids is 1. The second kappa shape index (κ2) is 4.99. The highest BCUT2D eigenvalue weighted by Gasteiger charge is 2.32. The molecule has 0 bridgehead atoms. The summed E-state index contributed by atoms with van der Waals surface area (Å²) < 4.78 is 28.4. The molecule has 1 aromatic rings. The van der Waals surface area contributed by atoms with Crippen LogP contribution in [0.4, 0.5) is 0 Å². The van der Waals surface area contributed by atoms with Gasteiger partial charge in [-0.2, -0.15) is 0 Å². The molecule has 1 aliphatic rings. The molecule has 0 aliphatic carbocycles. The summed E-state index contributed by atoms with van der Waals surface area (Å²) in [5.74, 6) is -0.143. The van der Waals surface area contributed by atoms with Crippen molar-refractivity contribution in [2.75, 3.05) is 13.6 Å². The van der Waals surface area contributed by atoms with Crippen molar-refractivity contribution in [1.29, 1.82) is 0 Å². The number of ether oxygens (including phenoxy) is 1. The maximum Gasteiger partial charge on any atom is 0.263 e. The number of sulfonamides is 1. The molecular weight excluding hydrogens is 292 g/mol. The molecule has 1 amide bonds. The number of likely N-dealkylation sites (tertiary alicyclic amines) is 1. The standard InChI is InChI=1S/C11H13ClN2O4S/c1-14-5-4-9(11(14)15)18-8-3-2-7(12)6-10(8)19(13,16)17/h2-3,6,9H,4-5H2,1H3,(H2,13,16,17). The molecule has 1 heterocycles. The largest absolute Gasteiger partial charge is 0.479 e. The highest BCUT2D eigenvalue weighted by Crippen LogP contribution is 2.28. The van der Waals surface area contributed by atoms with E-state index in [1.54, 1.807) is 7.05 Å². The maximum absolute atomic E-state index is 11.7. The molecular formula is C11H13ClN2O4S. The van der Waals surface area contributed by atoms with Crippen LogP contribution in [0.2, 0.25) is 5.02 Å². The van der Waals surface area contributed by atoms with Crippen LogP contribution in [0.25, 0.3) is 0 Å². The summed E-state index contributed by atoms with van der Waals surface area (Å²) in [5.41, 5.74) is 0. The fourth-order valence-electron chi connectivity index (χ4n) is 1.85. The van der Waals surface area contributed by atoms with Crippen molar-refractivity contribution in [2.24, 2.45) is 5.14 Å². The minimum atomic E-state index is -3.96. The number of benzene rings is 1. The van der Waals surface area contributed by atoms with E-state index >= 15 is 0 Å². The van der Waals surface area contributed by atoms with Crippen molar-refractivity contribution >= 4 is 27.5 Å². The fraction of sp³-hybridized carbons (Fsp3) is 0.364. The first-order valence-corrected chi connectivity index (χ1v) is 7.45. The Kier molecular flexibility index (Phi) is 3.71. The zero-order valence-corrected chi connectivity index (χ0v) is 11.7. The van der Waals surface area contributed by atoms with E-state index in [0.717, 1.165) is 0 Å². The molecule has 104 valence electrons. The van der Waals surface area contributed by atoms with E-state index < -0.39 is 16.1 Å². The molecule has 6 nitrogen and oxygen atoms in total. The second-order valence-corrected chi connectivity index (χ2v) is 6.26. The maximum atomic E-state index is 11.7. The Bertz CT molecular complexity index is 617. The molecule has 1 fully saturated rings. The summed E-state index contributed by atoms with van der Waals surface area (Å²) in [4.78, 5) is 13.0. The number of rotatable bonds is 3. The number of primary sulfonamides is 1. The van der Waals surface area contributed by atoms with Crippen LogP contribution in [-0.2, 0) is 14.8 Å². The summed E-state index contributed by atoms with van der Waals surface area (Å²) in [6.07, 6.45) is -0.186. The summed E-state index contributed by atoms with van der Waals surface area (Å²) >= 11 is 5.74. The second-order valence-electron chi connectivity index (χ2n) is 4.29. The van der Waals surface area contributed by atoms with Gasteiger partial charge in [0.05, 0.1) is 0 Å².